The van der Waals surface area contributed by atoms with Crippen molar-refractivity contribution in [3.05, 3.63) is 0 Å². The van der Waals surface area contributed by atoms with Gasteiger partial charge in [-0.3, -0.25) is 10.3 Å². The fourth-order valence-corrected chi connectivity index (χ4v) is 2.81. The molecule has 1 fully saturated rings. The Bertz CT molecular complexity index is 264. The highest BCUT2D eigenvalue weighted by molar-refractivity contribution is 4.72. The molecule has 0 spiro atoms. The first-order valence-electron chi connectivity index (χ1n) is 8.79. The normalized spacial score (nSPS) is 18.0. The number of halogens is 3. The molecule has 132 valence electrons. The Kier molecular flexibility index (Phi) is 10.1. The van der Waals surface area contributed by atoms with E-state index < -0.39 is 12.7 Å². The van der Waals surface area contributed by atoms with Gasteiger partial charge in [-0.05, 0) is 6.42 Å². The van der Waals surface area contributed by atoms with E-state index in [0.717, 1.165) is 13.0 Å². The van der Waals surface area contributed by atoms with E-state index in [-0.39, 0.29) is 0 Å². The summed E-state index contributed by atoms with van der Waals surface area (Å²) in [4.78, 5) is 1.48. The molecule has 0 amide bonds. The maximum Gasteiger partial charge on any atom is 0.401 e. The number of piperazine rings is 1. The molecule has 1 rings (SSSR count). The molecule has 0 aromatic rings. The number of hydrazine groups is 1. The molecule has 0 unspecified atom stereocenters. The molecular formula is C16H32F3N3. The predicted molar refractivity (Wildman–Crippen MR) is 84.7 cm³/mol. The van der Waals surface area contributed by atoms with E-state index in [0.29, 0.717) is 26.2 Å². The van der Waals surface area contributed by atoms with Crippen molar-refractivity contribution in [1.29, 1.82) is 0 Å². The number of nitrogens with one attached hydrogen (secondary N) is 1. The highest BCUT2D eigenvalue weighted by Gasteiger charge is 2.31. The Morgan fingerprint density at radius 3 is 1.91 bits per heavy atom. The van der Waals surface area contributed by atoms with E-state index in [2.05, 4.69) is 17.4 Å². The minimum absolute atomic E-state index is 0.490. The zero-order valence-electron chi connectivity index (χ0n) is 13.9. The molecule has 0 aromatic carbocycles. The third-order valence-electron chi connectivity index (χ3n) is 4.14. The number of hydrogen-bond donors (Lipinski definition) is 1. The molecule has 22 heavy (non-hydrogen) atoms. The molecule has 1 aliphatic rings. The molecule has 1 saturated heterocycles. The van der Waals surface area contributed by atoms with Crippen molar-refractivity contribution in [2.45, 2.75) is 64.5 Å². The second-order valence-electron chi connectivity index (χ2n) is 6.26. The quantitative estimate of drug-likeness (QED) is 0.583. The zero-order chi connectivity index (χ0) is 16.3. The van der Waals surface area contributed by atoms with Crippen LogP contribution in [-0.2, 0) is 0 Å². The lowest BCUT2D eigenvalue weighted by atomic mass is 10.1. The first-order valence-corrected chi connectivity index (χ1v) is 8.79. The van der Waals surface area contributed by atoms with Crippen LogP contribution in [0.3, 0.4) is 0 Å². The molecule has 1 N–H and O–H groups in total. The second kappa shape index (κ2) is 11.2. The maximum atomic E-state index is 12.3. The summed E-state index contributed by atoms with van der Waals surface area (Å²) in [5.41, 5.74) is 3.34. The average molecular weight is 323 g/mol. The third kappa shape index (κ3) is 10.4. The van der Waals surface area contributed by atoms with Gasteiger partial charge in [0.05, 0.1) is 6.54 Å². The number of nitrogens with zero attached hydrogens (tertiary/aromatic N) is 2. The van der Waals surface area contributed by atoms with E-state index in [1.807, 2.05) is 0 Å². The zero-order valence-corrected chi connectivity index (χ0v) is 13.9. The SMILES string of the molecule is CCCCCCCCCCNN1CCN(CC(F)(F)F)CC1. The molecule has 0 radical (unpaired) electrons. The van der Waals surface area contributed by atoms with Gasteiger partial charge in [-0.2, -0.15) is 13.2 Å². The van der Waals surface area contributed by atoms with E-state index >= 15 is 0 Å². The highest BCUT2D eigenvalue weighted by Crippen LogP contribution is 2.17. The van der Waals surface area contributed by atoms with E-state index in [9.17, 15) is 13.2 Å². The van der Waals surface area contributed by atoms with Gasteiger partial charge in [0.1, 0.15) is 0 Å². The Hall–Kier alpha value is -0.330. The van der Waals surface area contributed by atoms with E-state index in [4.69, 9.17) is 0 Å². The first-order chi connectivity index (χ1) is 10.5. The van der Waals surface area contributed by atoms with Crippen molar-refractivity contribution >= 4 is 0 Å². The van der Waals surface area contributed by atoms with Crippen LogP contribution in [0.2, 0.25) is 0 Å². The lowest BCUT2D eigenvalue weighted by molar-refractivity contribution is -0.150. The minimum Gasteiger partial charge on any atom is -0.292 e. The smallest absolute Gasteiger partial charge is 0.292 e. The summed E-state index contributed by atoms with van der Waals surface area (Å²) in [6.45, 7) is 4.72. The van der Waals surface area contributed by atoms with Crippen molar-refractivity contribution < 1.29 is 13.2 Å². The van der Waals surface area contributed by atoms with Crippen molar-refractivity contribution in [2.75, 3.05) is 39.3 Å². The molecular weight excluding hydrogens is 291 g/mol. The van der Waals surface area contributed by atoms with Crippen LogP contribution in [0.15, 0.2) is 0 Å². The van der Waals surface area contributed by atoms with Crippen LogP contribution >= 0.6 is 0 Å². The Balaban J connectivity index is 1.91. The maximum absolute atomic E-state index is 12.3. The van der Waals surface area contributed by atoms with Crippen LogP contribution < -0.4 is 5.43 Å². The molecule has 1 aliphatic heterocycles. The fraction of sp³-hybridized carbons (Fsp3) is 1.00. The summed E-state index contributed by atoms with van der Waals surface area (Å²) in [6, 6.07) is 0. The lowest BCUT2D eigenvalue weighted by Crippen LogP contribution is -2.53. The standard InChI is InChI=1S/C16H32F3N3/c1-2-3-4-5-6-7-8-9-10-20-22-13-11-21(12-14-22)15-16(17,18)19/h20H,2-15H2,1H3. The average Bonchev–Trinajstić information content (AvgIpc) is 2.46. The summed E-state index contributed by atoms with van der Waals surface area (Å²) >= 11 is 0. The van der Waals surface area contributed by atoms with Gasteiger partial charge in [0.25, 0.3) is 0 Å². The Labute approximate surface area is 133 Å². The Morgan fingerprint density at radius 2 is 1.36 bits per heavy atom. The summed E-state index contributed by atoms with van der Waals surface area (Å²) in [5.74, 6) is 0. The van der Waals surface area contributed by atoms with Crippen molar-refractivity contribution in [3.63, 3.8) is 0 Å². The number of rotatable bonds is 11. The van der Waals surface area contributed by atoms with Gasteiger partial charge >= 0.3 is 6.18 Å². The van der Waals surface area contributed by atoms with Gasteiger partial charge in [-0.25, -0.2) is 5.01 Å². The van der Waals surface area contributed by atoms with Crippen LogP contribution in [0.5, 0.6) is 0 Å². The molecule has 0 bridgehead atoms. The minimum atomic E-state index is -4.08. The predicted octanol–water partition coefficient (Wildman–Crippen LogP) is 3.81. The molecule has 0 aliphatic carbocycles. The van der Waals surface area contributed by atoms with Crippen molar-refractivity contribution in [3.8, 4) is 0 Å². The summed E-state index contributed by atoms with van der Waals surface area (Å²) in [5, 5.41) is 2.06. The van der Waals surface area contributed by atoms with Crippen molar-refractivity contribution in [1.82, 2.24) is 15.3 Å². The summed E-state index contributed by atoms with van der Waals surface area (Å²) < 4.78 is 36.9. The summed E-state index contributed by atoms with van der Waals surface area (Å²) in [7, 11) is 0. The van der Waals surface area contributed by atoms with E-state index in [1.54, 1.807) is 0 Å². The molecule has 0 saturated carbocycles. The monoisotopic (exact) mass is 323 g/mol. The van der Waals surface area contributed by atoms with Gasteiger partial charge in [-0.15, -0.1) is 0 Å². The van der Waals surface area contributed by atoms with Crippen LogP contribution in [0, 0.1) is 0 Å². The van der Waals surface area contributed by atoms with E-state index in [1.165, 1.54) is 49.8 Å². The number of unbranched alkanes of at least 4 members (excludes halogenated alkanes) is 7. The van der Waals surface area contributed by atoms with Gasteiger partial charge in [0.15, 0.2) is 0 Å². The second-order valence-corrected chi connectivity index (χ2v) is 6.26. The number of alkyl halides is 3. The highest BCUT2D eigenvalue weighted by atomic mass is 19.4. The molecule has 3 nitrogen and oxygen atoms in total. The van der Waals surface area contributed by atoms with Gasteiger partial charge < -0.3 is 0 Å². The first kappa shape index (κ1) is 19.7. The summed E-state index contributed by atoms with van der Waals surface area (Å²) in [6.07, 6.45) is 6.29. The number of hydrogen-bond acceptors (Lipinski definition) is 3. The Morgan fingerprint density at radius 1 is 0.818 bits per heavy atom. The van der Waals surface area contributed by atoms with Crippen molar-refractivity contribution in [2.24, 2.45) is 0 Å². The molecule has 0 atom stereocenters. The molecule has 0 aromatic heterocycles. The topological polar surface area (TPSA) is 18.5 Å². The largest absolute Gasteiger partial charge is 0.401 e. The van der Waals surface area contributed by atoms with Gasteiger partial charge in [0.2, 0.25) is 0 Å². The fourth-order valence-electron chi connectivity index (χ4n) is 2.81. The van der Waals surface area contributed by atoms with Gasteiger partial charge in [-0.1, -0.05) is 51.9 Å². The van der Waals surface area contributed by atoms with Crippen LogP contribution in [-0.4, -0.2) is 55.4 Å². The van der Waals surface area contributed by atoms with Crippen LogP contribution in [0.25, 0.3) is 0 Å². The van der Waals surface area contributed by atoms with Crippen LogP contribution in [0.4, 0.5) is 13.2 Å². The third-order valence-corrected chi connectivity index (χ3v) is 4.14. The van der Waals surface area contributed by atoms with Crippen LogP contribution in [0.1, 0.15) is 58.3 Å². The lowest BCUT2D eigenvalue weighted by Gasteiger charge is -2.35. The molecule has 6 heteroatoms. The van der Waals surface area contributed by atoms with Gasteiger partial charge in [0, 0.05) is 32.7 Å². The molecule has 1 heterocycles.